The lowest BCUT2D eigenvalue weighted by molar-refractivity contribution is -0.138. The van der Waals surface area contributed by atoms with E-state index in [0.29, 0.717) is 32.5 Å². The van der Waals surface area contributed by atoms with Gasteiger partial charge in [-0.05, 0) is 49.3 Å². The van der Waals surface area contributed by atoms with Crippen LogP contribution in [0.5, 0.6) is 0 Å². The van der Waals surface area contributed by atoms with Crippen LogP contribution in [0.3, 0.4) is 0 Å². The first-order valence-electron chi connectivity index (χ1n) is 9.67. The summed E-state index contributed by atoms with van der Waals surface area (Å²) in [5.74, 6) is 0.0914. The van der Waals surface area contributed by atoms with Crippen molar-refractivity contribution in [1.82, 2.24) is 10.2 Å². The summed E-state index contributed by atoms with van der Waals surface area (Å²) in [4.78, 5) is 26.1. The first kappa shape index (κ1) is 19.1. The smallest absolute Gasteiger partial charge is 0.416 e. The van der Waals surface area contributed by atoms with Crippen LogP contribution in [0.2, 0.25) is 0 Å². The average Bonchev–Trinajstić information content (AvgIpc) is 3.39. The number of benzene rings is 1. The number of carbonyl (C=O) groups excluding carboxylic acids is 2. The zero-order valence-corrected chi connectivity index (χ0v) is 15.4. The van der Waals surface area contributed by atoms with E-state index < -0.39 is 17.8 Å². The normalized spacial score (nSPS) is 30.4. The van der Waals surface area contributed by atoms with Gasteiger partial charge in [0.2, 0.25) is 5.91 Å². The van der Waals surface area contributed by atoms with Gasteiger partial charge in [-0.25, -0.2) is 4.79 Å². The quantitative estimate of drug-likeness (QED) is 0.834. The first-order valence-corrected chi connectivity index (χ1v) is 9.67. The maximum Gasteiger partial charge on any atom is 0.416 e. The van der Waals surface area contributed by atoms with Gasteiger partial charge in [-0.15, -0.1) is 0 Å². The molecule has 0 bridgehead atoms. The lowest BCUT2D eigenvalue weighted by atomic mass is 9.86. The van der Waals surface area contributed by atoms with Crippen LogP contribution in [-0.2, 0) is 21.1 Å². The molecule has 152 valence electrons. The van der Waals surface area contributed by atoms with Crippen LogP contribution in [-0.4, -0.2) is 43.1 Å². The molecule has 0 spiro atoms. The molecule has 28 heavy (non-hydrogen) atoms. The van der Waals surface area contributed by atoms with Crippen molar-refractivity contribution >= 4 is 12.0 Å². The maximum atomic E-state index is 12.9. The van der Waals surface area contributed by atoms with Crippen molar-refractivity contribution in [3.8, 4) is 0 Å². The van der Waals surface area contributed by atoms with E-state index in [9.17, 15) is 22.8 Å². The van der Waals surface area contributed by atoms with Crippen LogP contribution >= 0.6 is 0 Å². The number of likely N-dealkylation sites (tertiary alicyclic amines) is 1. The highest BCUT2D eigenvalue weighted by atomic mass is 19.4. The Morgan fingerprint density at radius 1 is 1.25 bits per heavy atom. The topological polar surface area (TPSA) is 58.6 Å². The van der Waals surface area contributed by atoms with Gasteiger partial charge in [0.15, 0.2) is 0 Å². The lowest BCUT2D eigenvalue weighted by Crippen LogP contribution is -2.46. The summed E-state index contributed by atoms with van der Waals surface area (Å²) in [6.07, 6.45) is -1.82. The van der Waals surface area contributed by atoms with Gasteiger partial charge >= 0.3 is 12.3 Å². The average molecular weight is 396 g/mol. The molecule has 5 nitrogen and oxygen atoms in total. The number of hydrogen-bond acceptors (Lipinski definition) is 3. The summed E-state index contributed by atoms with van der Waals surface area (Å²) in [6, 6.07) is 5.47. The first-order chi connectivity index (χ1) is 13.3. The SMILES string of the molecule is O=C1NC[C@H](C(=O)N2CC[C@]3(c4ccc(C(F)(F)F)cc4)C[C@@H]3C2)CCCO1. The van der Waals surface area contributed by atoms with E-state index in [1.165, 1.54) is 0 Å². The van der Waals surface area contributed by atoms with E-state index in [0.717, 1.165) is 30.5 Å². The highest BCUT2D eigenvalue weighted by molar-refractivity contribution is 5.80. The van der Waals surface area contributed by atoms with E-state index in [1.54, 1.807) is 12.1 Å². The Kier molecular flexibility index (Phi) is 4.75. The molecule has 2 heterocycles. The minimum absolute atomic E-state index is 0.0510. The number of hydrogen-bond donors (Lipinski definition) is 1. The van der Waals surface area contributed by atoms with Crippen LogP contribution in [0.4, 0.5) is 18.0 Å². The number of alkyl carbamates (subject to hydrolysis) is 1. The largest absolute Gasteiger partial charge is 0.450 e. The fourth-order valence-corrected chi connectivity index (χ4v) is 4.63. The summed E-state index contributed by atoms with van der Waals surface area (Å²) >= 11 is 0. The number of nitrogens with one attached hydrogen (secondary N) is 1. The number of rotatable bonds is 2. The lowest BCUT2D eigenvalue weighted by Gasteiger charge is -2.34. The van der Waals surface area contributed by atoms with Gasteiger partial charge in [-0.3, -0.25) is 4.79 Å². The van der Waals surface area contributed by atoms with E-state index in [1.807, 2.05) is 4.90 Å². The fourth-order valence-electron chi connectivity index (χ4n) is 4.63. The molecule has 1 aliphatic carbocycles. The van der Waals surface area contributed by atoms with Gasteiger partial charge < -0.3 is 15.0 Å². The van der Waals surface area contributed by atoms with E-state index in [-0.39, 0.29) is 29.7 Å². The Morgan fingerprint density at radius 3 is 2.68 bits per heavy atom. The van der Waals surface area contributed by atoms with Crippen molar-refractivity contribution in [2.75, 3.05) is 26.2 Å². The predicted molar refractivity (Wildman–Crippen MR) is 94.5 cm³/mol. The fraction of sp³-hybridized carbons (Fsp3) is 0.600. The second kappa shape index (κ2) is 6.97. The molecular weight excluding hydrogens is 373 g/mol. The molecule has 3 fully saturated rings. The van der Waals surface area contributed by atoms with Gasteiger partial charge in [-0.2, -0.15) is 13.2 Å². The third kappa shape index (κ3) is 3.56. The number of fused-ring (bicyclic) bond motifs is 1. The van der Waals surface area contributed by atoms with Crippen molar-refractivity contribution in [2.45, 2.75) is 37.3 Å². The second-order valence-corrected chi connectivity index (χ2v) is 8.02. The highest BCUT2D eigenvalue weighted by Gasteiger charge is 2.58. The molecule has 1 saturated carbocycles. The molecule has 4 rings (SSSR count). The Hall–Kier alpha value is -2.25. The van der Waals surface area contributed by atoms with Crippen LogP contribution in [0, 0.1) is 11.8 Å². The van der Waals surface area contributed by atoms with Crippen molar-refractivity contribution in [1.29, 1.82) is 0 Å². The minimum Gasteiger partial charge on any atom is -0.450 e. The molecule has 1 N–H and O–H groups in total. The molecule has 0 radical (unpaired) electrons. The van der Waals surface area contributed by atoms with Gasteiger partial charge in [0.25, 0.3) is 0 Å². The van der Waals surface area contributed by atoms with Gasteiger partial charge in [0.1, 0.15) is 0 Å². The Morgan fingerprint density at radius 2 is 2.00 bits per heavy atom. The zero-order valence-electron chi connectivity index (χ0n) is 15.4. The number of amides is 2. The number of piperidine rings is 1. The summed E-state index contributed by atoms with van der Waals surface area (Å²) in [6.45, 7) is 1.82. The van der Waals surface area contributed by atoms with Crippen LogP contribution in [0.1, 0.15) is 36.8 Å². The summed E-state index contributed by atoms with van der Waals surface area (Å²) in [5, 5.41) is 2.63. The van der Waals surface area contributed by atoms with E-state index in [4.69, 9.17) is 4.74 Å². The number of halogens is 3. The highest BCUT2D eigenvalue weighted by Crippen LogP contribution is 2.59. The molecule has 2 saturated heterocycles. The number of nitrogens with zero attached hydrogens (tertiary/aromatic N) is 1. The van der Waals surface area contributed by atoms with Crippen LogP contribution < -0.4 is 5.32 Å². The standard InChI is InChI=1S/C20H23F3N2O3/c21-20(22,23)15-5-3-14(4-6-15)19-7-8-25(12-16(19)10-19)17(26)13-2-1-9-28-18(27)24-11-13/h3-6,13,16H,1-2,7-12H2,(H,24,27)/t13-,16-,19-/m1/s1. The van der Waals surface area contributed by atoms with E-state index in [2.05, 4.69) is 5.32 Å². The number of carbonyl (C=O) groups is 2. The van der Waals surface area contributed by atoms with Gasteiger partial charge in [-0.1, -0.05) is 12.1 Å². The molecule has 1 aromatic carbocycles. The molecule has 2 amide bonds. The van der Waals surface area contributed by atoms with Crippen molar-refractivity contribution in [3.05, 3.63) is 35.4 Å². The minimum atomic E-state index is -4.33. The number of ether oxygens (including phenoxy) is 1. The third-order valence-electron chi connectivity index (χ3n) is 6.37. The summed E-state index contributed by atoms with van der Waals surface area (Å²) in [5.41, 5.74) is 0.213. The molecule has 0 unspecified atom stereocenters. The van der Waals surface area contributed by atoms with Crippen LogP contribution in [0.15, 0.2) is 24.3 Å². The zero-order chi connectivity index (χ0) is 19.9. The molecule has 3 atom stereocenters. The number of cyclic esters (lactones) is 1. The predicted octanol–water partition coefficient (Wildman–Crippen LogP) is 3.33. The van der Waals surface area contributed by atoms with Gasteiger partial charge in [0.05, 0.1) is 18.1 Å². The monoisotopic (exact) mass is 396 g/mol. The molecule has 3 aliphatic rings. The summed E-state index contributed by atoms with van der Waals surface area (Å²) in [7, 11) is 0. The molecule has 2 aliphatic heterocycles. The van der Waals surface area contributed by atoms with Gasteiger partial charge in [0, 0.05) is 25.0 Å². The summed E-state index contributed by atoms with van der Waals surface area (Å²) < 4.78 is 43.3. The second-order valence-electron chi connectivity index (χ2n) is 8.02. The Balaban J connectivity index is 1.39. The maximum absolute atomic E-state index is 12.9. The van der Waals surface area contributed by atoms with Crippen molar-refractivity contribution in [3.63, 3.8) is 0 Å². The Bertz CT molecular complexity index is 765. The third-order valence-corrected chi connectivity index (χ3v) is 6.37. The van der Waals surface area contributed by atoms with Crippen molar-refractivity contribution in [2.24, 2.45) is 11.8 Å². The van der Waals surface area contributed by atoms with Crippen LogP contribution in [0.25, 0.3) is 0 Å². The molecular formula is C20H23F3N2O3. The Labute approximate surface area is 161 Å². The molecule has 8 heteroatoms. The van der Waals surface area contributed by atoms with E-state index >= 15 is 0 Å². The molecule has 1 aromatic rings. The van der Waals surface area contributed by atoms with Crippen molar-refractivity contribution < 1.29 is 27.5 Å². The molecule has 0 aromatic heterocycles. The number of alkyl halides is 3.